The van der Waals surface area contributed by atoms with Crippen LogP contribution in [0, 0.1) is 0 Å². The van der Waals surface area contributed by atoms with E-state index < -0.39 is 11.7 Å². The molecule has 0 saturated carbocycles. The minimum Gasteiger partial charge on any atom is -0.444 e. The first-order valence-corrected chi connectivity index (χ1v) is 6.49. The van der Waals surface area contributed by atoms with Crippen LogP contribution in [0.25, 0.3) is 0 Å². The number of amides is 1. The summed E-state index contributed by atoms with van der Waals surface area (Å²) in [5, 5.41) is 12.2. The van der Waals surface area contributed by atoms with E-state index in [2.05, 4.69) is 21.2 Å². The maximum Gasteiger partial charge on any atom is 0.412 e. The Morgan fingerprint density at radius 2 is 2.11 bits per heavy atom. The Bertz CT molecular complexity index is 457. The predicted octanol–water partition coefficient (Wildman–Crippen LogP) is 3.94. The van der Waals surface area contributed by atoms with E-state index >= 15 is 0 Å². The third-order valence-corrected chi connectivity index (χ3v) is 3.15. The number of aliphatic hydroxyl groups is 1. The van der Waals surface area contributed by atoms with Crippen molar-refractivity contribution in [2.24, 2.45) is 0 Å². The van der Waals surface area contributed by atoms with Gasteiger partial charge in [-0.1, -0.05) is 11.6 Å². The summed E-state index contributed by atoms with van der Waals surface area (Å²) in [5.41, 5.74) is 0.403. The van der Waals surface area contributed by atoms with Gasteiger partial charge in [0.25, 0.3) is 0 Å². The molecule has 1 rings (SSSR count). The molecule has 0 fully saturated rings. The van der Waals surface area contributed by atoms with E-state index in [-0.39, 0.29) is 6.61 Å². The molecule has 1 amide bonds. The molecule has 0 heterocycles. The van der Waals surface area contributed by atoms with Crippen LogP contribution in [0.2, 0.25) is 5.02 Å². The molecule has 6 heteroatoms. The zero-order chi connectivity index (χ0) is 13.9. The lowest BCUT2D eigenvalue weighted by Crippen LogP contribution is -2.27. The molecule has 1 aromatic rings. The number of ether oxygens (including phenoxy) is 1. The smallest absolute Gasteiger partial charge is 0.412 e. The summed E-state index contributed by atoms with van der Waals surface area (Å²) in [6.45, 7) is 5.11. The van der Waals surface area contributed by atoms with E-state index in [1.807, 2.05) is 0 Å². The van der Waals surface area contributed by atoms with Gasteiger partial charge in [0, 0.05) is 10.0 Å². The molecule has 0 unspecified atom stereocenters. The van der Waals surface area contributed by atoms with Gasteiger partial charge < -0.3 is 9.84 Å². The van der Waals surface area contributed by atoms with E-state index in [1.54, 1.807) is 32.9 Å². The van der Waals surface area contributed by atoms with E-state index in [4.69, 9.17) is 16.3 Å². The molecule has 0 aromatic heterocycles. The number of rotatable bonds is 2. The number of hydrogen-bond donors (Lipinski definition) is 2. The standard InChI is InChI=1S/C12H15BrClNO3/c1-12(2,3)18-11(17)15-10-5-9(14)8(13)4-7(10)6-16/h4-5,16H,6H2,1-3H3,(H,15,17). The van der Waals surface area contributed by atoms with Crippen LogP contribution in [0.3, 0.4) is 0 Å². The summed E-state index contributed by atoms with van der Waals surface area (Å²) >= 11 is 9.19. The lowest BCUT2D eigenvalue weighted by molar-refractivity contribution is 0.0635. The Morgan fingerprint density at radius 3 is 2.61 bits per heavy atom. The van der Waals surface area contributed by atoms with Gasteiger partial charge >= 0.3 is 6.09 Å². The molecule has 0 atom stereocenters. The van der Waals surface area contributed by atoms with Crippen molar-refractivity contribution in [2.75, 3.05) is 5.32 Å². The number of halogens is 2. The molecule has 0 aliphatic carbocycles. The molecule has 0 saturated heterocycles. The summed E-state index contributed by atoms with van der Waals surface area (Å²) in [5.74, 6) is 0. The van der Waals surface area contributed by atoms with Gasteiger partial charge in [-0.2, -0.15) is 0 Å². The fourth-order valence-electron chi connectivity index (χ4n) is 1.25. The Hall–Kier alpha value is -0.780. The topological polar surface area (TPSA) is 58.6 Å². The summed E-state index contributed by atoms with van der Waals surface area (Å²) in [6, 6.07) is 3.20. The van der Waals surface area contributed by atoms with Crippen molar-refractivity contribution in [3.8, 4) is 0 Å². The van der Waals surface area contributed by atoms with Crippen molar-refractivity contribution in [3.63, 3.8) is 0 Å². The molecular weight excluding hydrogens is 321 g/mol. The van der Waals surface area contributed by atoms with Crippen molar-refractivity contribution in [2.45, 2.75) is 33.0 Å². The first-order chi connectivity index (χ1) is 8.23. The van der Waals surface area contributed by atoms with Gasteiger partial charge in [0.05, 0.1) is 17.3 Å². The van der Waals surface area contributed by atoms with Crippen molar-refractivity contribution in [1.82, 2.24) is 0 Å². The molecule has 0 spiro atoms. The first-order valence-electron chi connectivity index (χ1n) is 5.31. The third kappa shape index (κ3) is 4.48. The van der Waals surface area contributed by atoms with Crippen LogP contribution < -0.4 is 5.32 Å². The first kappa shape index (κ1) is 15.3. The van der Waals surface area contributed by atoms with E-state index in [9.17, 15) is 9.90 Å². The monoisotopic (exact) mass is 335 g/mol. The number of carbonyl (C=O) groups is 1. The van der Waals surface area contributed by atoms with Gasteiger partial charge in [0.1, 0.15) is 5.60 Å². The summed E-state index contributed by atoms with van der Waals surface area (Å²) in [4.78, 5) is 11.6. The number of hydrogen-bond acceptors (Lipinski definition) is 3. The fourth-order valence-corrected chi connectivity index (χ4v) is 1.80. The lowest BCUT2D eigenvalue weighted by Gasteiger charge is -2.20. The van der Waals surface area contributed by atoms with Crippen molar-refractivity contribution >= 4 is 39.3 Å². The van der Waals surface area contributed by atoms with Crippen LogP contribution in [0.5, 0.6) is 0 Å². The summed E-state index contributed by atoms with van der Waals surface area (Å²) in [6.07, 6.45) is -0.587. The Balaban J connectivity index is 2.90. The van der Waals surface area contributed by atoms with Gasteiger partial charge in [0.2, 0.25) is 0 Å². The third-order valence-electron chi connectivity index (χ3n) is 1.95. The highest BCUT2D eigenvalue weighted by molar-refractivity contribution is 9.10. The van der Waals surface area contributed by atoms with Crippen LogP contribution in [-0.4, -0.2) is 16.8 Å². The molecule has 4 nitrogen and oxygen atoms in total. The number of nitrogens with one attached hydrogen (secondary N) is 1. The maximum atomic E-state index is 11.6. The SMILES string of the molecule is CC(C)(C)OC(=O)Nc1cc(Cl)c(Br)cc1CO. The van der Waals surface area contributed by atoms with Gasteiger partial charge in [-0.3, -0.25) is 5.32 Å². The zero-order valence-electron chi connectivity index (χ0n) is 10.4. The van der Waals surface area contributed by atoms with E-state index in [1.165, 1.54) is 0 Å². The largest absolute Gasteiger partial charge is 0.444 e. The average Bonchev–Trinajstić information content (AvgIpc) is 2.20. The van der Waals surface area contributed by atoms with Crippen molar-refractivity contribution in [3.05, 3.63) is 27.2 Å². The fraction of sp³-hybridized carbons (Fsp3) is 0.417. The summed E-state index contributed by atoms with van der Waals surface area (Å²) < 4.78 is 5.78. The van der Waals surface area contributed by atoms with Crippen LogP contribution >= 0.6 is 27.5 Å². The molecule has 100 valence electrons. The Kier molecular flexibility index (Phi) is 5.01. The average molecular weight is 337 g/mol. The number of anilines is 1. The zero-order valence-corrected chi connectivity index (χ0v) is 12.7. The quantitative estimate of drug-likeness (QED) is 0.860. The highest BCUT2D eigenvalue weighted by atomic mass is 79.9. The predicted molar refractivity (Wildman–Crippen MR) is 74.9 cm³/mol. The summed E-state index contributed by atoms with van der Waals surface area (Å²) in [7, 11) is 0. The van der Waals surface area contributed by atoms with Crippen LogP contribution in [0.1, 0.15) is 26.3 Å². The molecule has 18 heavy (non-hydrogen) atoms. The van der Waals surface area contributed by atoms with Crippen molar-refractivity contribution in [1.29, 1.82) is 0 Å². The second-order valence-corrected chi connectivity index (χ2v) is 5.97. The molecule has 0 radical (unpaired) electrons. The van der Waals surface area contributed by atoms with Crippen LogP contribution in [-0.2, 0) is 11.3 Å². The number of carbonyl (C=O) groups excluding carboxylic acids is 1. The Labute approximate surface area is 119 Å². The minimum absolute atomic E-state index is 0.207. The number of aliphatic hydroxyl groups excluding tert-OH is 1. The molecule has 0 aliphatic heterocycles. The highest BCUT2D eigenvalue weighted by Gasteiger charge is 2.17. The van der Waals surface area contributed by atoms with Gasteiger partial charge in [-0.25, -0.2) is 4.79 Å². The normalized spacial score (nSPS) is 11.2. The van der Waals surface area contributed by atoms with Gasteiger partial charge in [-0.15, -0.1) is 0 Å². The van der Waals surface area contributed by atoms with E-state index in [0.29, 0.717) is 20.7 Å². The van der Waals surface area contributed by atoms with E-state index in [0.717, 1.165) is 0 Å². The molecule has 2 N–H and O–H groups in total. The van der Waals surface area contributed by atoms with Crippen LogP contribution in [0.15, 0.2) is 16.6 Å². The second-order valence-electron chi connectivity index (χ2n) is 4.71. The molecule has 1 aromatic carbocycles. The van der Waals surface area contributed by atoms with Crippen LogP contribution in [0.4, 0.5) is 10.5 Å². The van der Waals surface area contributed by atoms with Gasteiger partial charge in [-0.05, 0) is 48.8 Å². The minimum atomic E-state index is -0.587. The van der Waals surface area contributed by atoms with Crippen molar-refractivity contribution < 1.29 is 14.6 Å². The molecule has 0 aliphatic rings. The lowest BCUT2D eigenvalue weighted by atomic mass is 10.2. The number of benzene rings is 1. The second kappa shape index (κ2) is 5.91. The van der Waals surface area contributed by atoms with Gasteiger partial charge in [0.15, 0.2) is 0 Å². The molecule has 0 bridgehead atoms. The Morgan fingerprint density at radius 1 is 1.50 bits per heavy atom. The molecular formula is C12H15BrClNO3. The highest BCUT2D eigenvalue weighted by Crippen LogP contribution is 2.29. The maximum absolute atomic E-state index is 11.6.